The van der Waals surface area contributed by atoms with Gasteiger partial charge in [0.2, 0.25) is 11.8 Å². The van der Waals surface area contributed by atoms with Crippen LogP contribution >= 0.6 is 0 Å². The van der Waals surface area contributed by atoms with Crippen molar-refractivity contribution >= 4 is 17.7 Å². The molecule has 3 amide bonds. The summed E-state index contributed by atoms with van der Waals surface area (Å²) in [7, 11) is 0. The van der Waals surface area contributed by atoms with E-state index in [-0.39, 0.29) is 30.8 Å². The van der Waals surface area contributed by atoms with Crippen LogP contribution < -0.4 is 15.4 Å². The summed E-state index contributed by atoms with van der Waals surface area (Å²) in [5, 5.41) is 5.78. The third-order valence-electron chi connectivity index (χ3n) is 5.86. The van der Waals surface area contributed by atoms with Crippen molar-refractivity contribution < 1.29 is 19.1 Å². The van der Waals surface area contributed by atoms with Crippen molar-refractivity contribution in [3.8, 4) is 5.75 Å². The van der Waals surface area contributed by atoms with Crippen LogP contribution in [0, 0.1) is 5.92 Å². The van der Waals surface area contributed by atoms with Gasteiger partial charge in [-0.2, -0.15) is 0 Å². The Hall–Kier alpha value is -2.61. The monoisotopic (exact) mass is 444 g/mol. The molecule has 0 bridgehead atoms. The number of nitrogens with one attached hydrogen (secondary N) is 2. The number of fused-ring (bicyclic) bond motifs is 1. The molecule has 0 unspecified atom stereocenters. The summed E-state index contributed by atoms with van der Waals surface area (Å²) in [6.07, 6.45) is 3.72. The molecule has 0 atom stereocenters. The zero-order chi connectivity index (χ0) is 22.9. The average molecular weight is 445 g/mol. The van der Waals surface area contributed by atoms with Crippen LogP contribution in [0.15, 0.2) is 18.2 Å². The molecule has 1 fully saturated rings. The molecular formula is C24H36N4O4. The maximum atomic E-state index is 13.4. The second-order valence-corrected chi connectivity index (χ2v) is 9.01. The van der Waals surface area contributed by atoms with Crippen molar-refractivity contribution in [1.29, 1.82) is 0 Å². The molecule has 2 aliphatic rings. The molecule has 1 saturated heterocycles. The van der Waals surface area contributed by atoms with Gasteiger partial charge in [0.05, 0.1) is 19.7 Å². The van der Waals surface area contributed by atoms with Crippen LogP contribution in [-0.4, -0.2) is 73.4 Å². The van der Waals surface area contributed by atoms with E-state index >= 15 is 0 Å². The fourth-order valence-electron chi connectivity index (χ4n) is 4.00. The van der Waals surface area contributed by atoms with E-state index in [0.29, 0.717) is 50.0 Å². The lowest BCUT2D eigenvalue weighted by Crippen LogP contribution is -2.50. The molecule has 3 rings (SSSR count). The minimum atomic E-state index is -0.169. The summed E-state index contributed by atoms with van der Waals surface area (Å²) in [6.45, 7) is 8.02. The fourth-order valence-corrected chi connectivity index (χ4v) is 4.00. The number of hydrogen-bond donors (Lipinski definition) is 2. The fraction of sp³-hybridized carbons (Fsp3) is 0.625. The molecule has 0 aromatic heterocycles. The zero-order valence-corrected chi connectivity index (χ0v) is 19.3. The van der Waals surface area contributed by atoms with Gasteiger partial charge in [0, 0.05) is 37.3 Å². The van der Waals surface area contributed by atoms with Crippen LogP contribution in [0.3, 0.4) is 0 Å². The molecule has 8 nitrogen and oxygen atoms in total. The number of rotatable bonds is 4. The van der Waals surface area contributed by atoms with Crippen LogP contribution in [0.4, 0.5) is 0 Å². The Morgan fingerprint density at radius 1 is 1.03 bits per heavy atom. The van der Waals surface area contributed by atoms with Crippen molar-refractivity contribution in [1.82, 2.24) is 20.4 Å². The Morgan fingerprint density at radius 3 is 2.59 bits per heavy atom. The van der Waals surface area contributed by atoms with E-state index in [4.69, 9.17) is 4.74 Å². The SMILES string of the molecule is CC(C)CCN1CC(=O)NCCCCCOc2cccc(C(=O)N3CCNC(=O)C3)c2C1. The molecule has 176 valence electrons. The highest BCUT2D eigenvalue weighted by molar-refractivity contribution is 5.98. The molecule has 1 aromatic carbocycles. The Kier molecular flexibility index (Phi) is 8.90. The highest BCUT2D eigenvalue weighted by atomic mass is 16.5. The van der Waals surface area contributed by atoms with E-state index in [1.807, 2.05) is 12.1 Å². The van der Waals surface area contributed by atoms with Crippen LogP contribution in [0.1, 0.15) is 55.5 Å². The lowest BCUT2D eigenvalue weighted by atomic mass is 10.0. The molecule has 8 heteroatoms. The molecule has 0 spiro atoms. The molecule has 2 N–H and O–H groups in total. The minimum Gasteiger partial charge on any atom is -0.493 e. The lowest BCUT2D eigenvalue weighted by Gasteiger charge is -2.29. The van der Waals surface area contributed by atoms with Gasteiger partial charge in [0.25, 0.3) is 5.91 Å². The van der Waals surface area contributed by atoms with Crippen LogP contribution in [-0.2, 0) is 16.1 Å². The van der Waals surface area contributed by atoms with Crippen LogP contribution in [0.5, 0.6) is 5.75 Å². The Bertz CT molecular complexity index is 811. The summed E-state index contributed by atoms with van der Waals surface area (Å²) in [6, 6.07) is 5.53. The lowest BCUT2D eigenvalue weighted by molar-refractivity contribution is -0.123. The smallest absolute Gasteiger partial charge is 0.254 e. The average Bonchev–Trinajstić information content (AvgIpc) is 2.78. The Balaban J connectivity index is 1.91. The van der Waals surface area contributed by atoms with E-state index in [1.165, 1.54) is 0 Å². The summed E-state index contributed by atoms with van der Waals surface area (Å²) >= 11 is 0. The highest BCUT2D eigenvalue weighted by Crippen LogP contribution is 2.27. The molecular weight excluding hydrogens is 408 g/mol. The van der Waals surface area contributed by atoms with Gasteiger partial charge in [-0.1, -0.05) is 19.9 Å². The molecule has 32 heavy (non-hydrogen) atoms. The van der Waals surface area contributed by atoms with Gasteiger partial charge in [-0.05, 0) is 50.3 Å². The Labute approximate surface area is 190 Å². The molecule has 0 radical (unpaired) electrons. The van der Waals surface area contributed by atoms with Crippen molar-refractivity contribution in [3.05, 3.63) is 29.3 Å². The molecule has 0 aliphatic carbocycles. The zero-order valence-electron chi connectivity index (χ0n) is 19.3. The van der Waals surface area contributed by atoms with E-state index in [1.54, 1.807) is 11.0 Å². The number of hydrogen-bond acceptors (Lipinski definition) is 5. The van der Waals surface area contributed by atoms with E-state index in [0.717, 1.165) is 37.8 Å². The predicted octanol–water partition coefficient (Wildman–Crippen LogP) is 1.79. The number of ether oxygens (including phenoxy) is 1. The summed E-state index contributed by atoms with van der Waals surface area (Å²) in [5.41, 5.74) is 1.33. The largest absolute Gasteiger partial charge is 0.493 e. The molecule has 2 aliphatic heterocycles. The summed E-state index contributed by atoms with van der Waals surface area (Å²) in [4.78, 5) is 41.4. The third-order valence-corrected chi connectivity index (χ3v) is 5.86. The van der Waals surface area contributed by atoms with E-state index in [2.05, 4.69) is 29.4 Å². The third kappa shape index (κ3) is 6.95. The number of amides is 3. The standard InChI is InChI=1S/C24H36N4O4/c1-18(2)9-12-27-15-20-19(24(31)28-13-11-26-23(30)17-28)7-6-8-21(20)32-14-5-3-4-10-25-22(29)16-27/h6-8,18H,3-5,9-17H2,1-2H3,(H,25,29)(H,26,30). The summed E-state index contributed by atoms with van der Waals surface area (Å²) in [5.74, 6) is 0.880. The van der Waals surface area contributed by atoms with Gasteiger partial charge < -0.3 is 20.3 Å². The quantitative estimate of drug-likeness (QED) is 0.739. The van der Waals surface area contributed by atoms with Crippen molar-refractivity contribution in [2.45, 2.75) is 46.1 Å². The molecule has 1 aromatic rings. The maximum absolute atomic E-state index is 13.4. The number of carbonyl (C=O) groups excluding carboxylic acids is 3. The van der Waals surface area contributed by atoms with E-state index in [9.17, 15) is 14.4 Å². The van der Waals surface area contributed by atoms with Crippen molar-refractivity contribution in [3.63, 3.8) is 0 Å². The van der Waals surface area contributed by atoms with Crippen LogP contribution in [0.2, 0.25) is 0 Å². The summed E-state index contributed by atoms with van der Waals surface area (Å²) < 4.78 is 6.12. The normalized spacial score (nSPS) is 19.0. The van der Waals surface area contributed by atoms with Gasteiger partial charge in [-0.3, -0.25) is 19.3 Å². The van der Waals surface area contributed by atoms with E-state index < -0.39 is 0 Å². The van der Waals surface area contributed by atoms with Gasteiger partial charge in [-0.25, -0.2) is 0 Å². The number of benzene rings is 1. The highest BCUT2D eigenvalue weighted by Gasteiger charge is 2.27. The number of carbonyl (C=O) groups is 3. The topological polar surface area (TPSA) is 91.0 Å². The van der Waals surface area contributed by atoms with Gasteiger partial charge in [0.1, 0.15) is 5.75 Å². The Morgan fingerprint density at radius 2 is 1.81 bits per heavy atom. The van der Waals surface area contributed by atoms with Crippen LogP contribution in [0.25, 0.3) is 0 Å². The maximum Gasteiger partial charge on any atom is 0.254 e. The second-order valence-electron chi connectivity index (χ2n) is 9.01. The first kappa shape index (κ1) is 24.0. The first-order chi connectivity index (χ1) is 15.4. The predicted molar refractivity (Wildman–Crippen MR) is 122 cm³/mol. The van der Waals surface area contributed by atoms with Crippen molar-refractivity contribution in [2.24, 2.45) is 5.92 Å². The second kappa shape index (κ2) is 11.9. The molecule has 0 saturated carbocycles. The minimum absolute atomic E-state index is 0.00646. The van der Waals surface area contributed by atoms with Gasteiger partial charge in [-0.15, -0.1) is 0 Å². The first-order valence-corrected chi connectivity index (χ1v) is 11.7. The van der Waals surface area contributed by atoms with Crippen molar-refractivity contribution in [2.75, 3.05) is 45.9 Å². The van der Waals surface area contributed by atoms with Gasteiger partial charge in [0.15, 0.2) is 0 Å². The number of nitrogens with zero attached hydrogens (tertiary/aromatic N) is 2. The van der Waals surface area contributed by atoms with Gasteiger partial charge >= 0.3 is 0 Å². The number of piperazine rings is 1. The first-order valence-electron chi connectivity index (χ1n) is 11.7. The molecule has 2 heterocycles.